The molecule has 1 heteroatoms. The molecule has 80 valence electrons. The molecule has 0 aliphatic carbocycles. The van der Waals surface area contributed by atoms with Crippen molar-refractivity contribution in [1.29, 1.82) is 0 Å². The molecule has 0 aliphatic heterocycles. The van der Waals surface area contributed by atoms with E-state index in [-0.39, 0.29) is 8.80 Å². The topological polar surface area (TPSA) is 0 Å². The van der Waals surface area contributed by atoms with E-state index < -0.39 is 0 Å². The van der Waals surface area contributed by atoms with Gasteiger partial charge in [-0.15, -0.1) is 0 Å². The summed E-state index contributed by atoms with van der Waals surface area (Å²) in [5.74, 6) is 0. The lowest BCUT2D eigenvalue weighted by molar-refractivity contribution is 0.582. The molecule has 0 N–H and O–H groups in total. The van der Waals surface area contributed by atoms with Crippen LogP contribution in [-0.2, 0) is 0 Å². The summed E-state index contributed by atoms with van der Waals surface area (Å²) in [5.41, 5.74) is 1.06. The van der Waals surface area contributed by atoms with Gasteiger partial charge in [-0.1, -0.05) is 77.4 Å². The van der Waals surface area contributed by atoms with E-state index in [0.717, 1.165) is 5.54 Å². The van der Waals surface area contributed by atoms with Crippen LogP contribution >= 0.6 is 0 Å². The Balaban J connectivity index is 3.07. The second kappa shape index (κ2) is 8.80. The van der Waals surface area contributed by atoms with E-state index in [1.807, 2.05) is 0 Å². The van der Waals surface area contributed by atoms with Crippen LogP contribution in [0.2, 0.25) is 18.6 Å². The van der Waals surface area contributed by atoms with Crippen LogP contribution in [0.1, 0.15) is 58.8 Å². The molecular weight excluding hydrogens is 172 g/mol. The highest BCUT2D eigenvalue weighted by Gasteiger charge is 2.06. The highest BCUT2D eigenvalue weighted by Crippen LogP contribution is 2.18. The highest BCUT2D eigenvalue weighted by atomic mass is 28.3. The zero-order valence-corrected chi connectivity index (χ0v) is 11.3. The highest BCUT2D eigenvalue weighted by molar-refractivity contribution is 6.57. The third-order valence-corrected chi connectivity index (χ3v) is 5.76. The van der Waals surface area contributed by atoms with Gasteiger partial charge in [-0.3, -0.25) is 0 Å². The Hall–Kier alpha value is 0.217. The molecule has 0 spiro atoms. The van der Waals surface area contributed by atoms with Gasteiger partial charge in [0, 0.05) is 8.80 Å². The van der Waals surface area contributed by atoms with E-state index in [1.54, 1.807) is 0 Å². The fourth-order valence-corrected chi connectivity index (χ4v) is 2.48. The van der Waals surface area contributed by atoms with Crippen LogP contribution in [0.3, 0.4) is 0 Å². The van der Waals surface area contributed by atoms with Crippen molar-refractivity contribution in [2.45, 2.75) is 77.4 Å². The summed E-state index contributed by atoms with van der Waals surface area (Å²) in [5, 5.41) is 0. The molecular formula is C12H28Si. The lowest BCUT2D eigenvalue weighted by atomic mass is 10.1. The van der Waals surface area contributed by atoms with Gasteiger partial charge in [-0.25, -0.2) is 0 Å². The van der Waals surface area contributed by atoms with E-state index in [0.29, 0.717) is 0 Å². The monoisotopic (exact) mass is 200 g/mol. The summed E-state index contributed by atoms with van der Waals surface area (Å²) in [6, 6.07) is 0. The second-order valence-electron chi connectivity index (χ2n) is 4.78. The van der Waals surface area contributed by atoms with Crippen molar-refractivity contribution < 1.29 is 0 Å². The third kappa shape index (κ3) is 8.54. The van der Waals surface area contributed by atoms with Crippen molar-refractivity contribution in [1.82, 2.24) is 0 Å². The zero-order chi connectivity index (χ0) is 10.1. The van der Waals surface area contributed by atoms with E-state index in [2.05, 4.69) is 26.9 Å². The average Bonchev–Trinajstić information content (AvgIpc) is 2.10. The third-order valence-electron chi connectivity index (χ3n) is 3.15. The van der Waals surface area contributed by atoms with Crippen molar-refractivity contribution in [2.24, 2.45) is 0 Å². The molecule has 0 rings (SSSR count). The molecule has 0 aromatic rings. The molecule has 0 aromatic heterocycles. The molecule has 1 unspecified atom stereocenters. The Morgan fingerprint density at radius 2 is 1.46 bits per heavy atom. The van der Waals surface area contributed by atoms with Gasteiger partial charge in [0.1, 0.15) is 0 Å². The Kier molecular flexibility index (Phi) is 8.95. The Labute approximate surface area is 86.7 Å². The number of rotatable bonds is 8. The minimum atomic E-state index is -0.330. The van der Waals surface area contributed by atoms with Gasteiger partial charge >= 0.3 is 0 Å². The van der Waals surface area contributed by atoms with E-state index in [4.69, 9.17) is 0 Å². The van der Waals surface area contributed by atoms with Gasteiger partial charge in [0.05, 0.1) is 0 Å². The van der Waals surface area contributed by atoms with Gasteiger partial charge in [0.25, 0.3) is 0 Å². The zero-order valence-electron chi connectivity index (χ0n) is 10.1. The standard InChI is InChI=1S/C12H28Si/c1-5-6-7-8-9-10-11-12(2)13(3)4/h12-13H,5-11H2,1-4H3. The summed E-state index contributed by atoms with van der Waals surface area (Å²) >= 11 is 0. The lowest BCUT2D eigenvalue weighted by Gasteiger charge is -2.13. The quantitative estimate of drug-likeness (QED) is 0.396. The molecule has 0 aliphatic rings. The first-order chi connectivity index (χ1) is 6.18. The SMILES string of the molecule is CCCCCCCCC(C)[SiH](C)C. The molecule has 0 heterocycles. The van der Waals surface area contributed by atoms with E-state index in [1.165, 1.54) is 44.9 Å². The second-order valence-corrected chi connectivity index (χ2v) is 8.40. The predicted octanol–water partition coefficient (Wildman–Crippen LogP) is 4.61. The minimum Gasteiger partial charge on any atom is -0.0720 e. The molecule has 0 bridgehead atoms. The summed E-state index contributed by atoms with van der Waals surface area (Å²) in [6.07, 6.45) is 10.2. The Morgan fingerprint density at radius 1 is 0.923 bits per heavy atom. The maximum atomic E-state index is 2.47. The number of hydrogen-bond acceptors (Lipinski definition) is 0. The van der Waals surface area contributed by atoms with Crippen molar-refractivity contribution >= 4 is 8.80 Å². The van der Waals surface area contributed by atoms with Crippen LogP contribution < -0.4 is 0 Å². The summed E-state index contributed by atoms with van der Waals surface area (Å²) < 4.78 is 0. The van der Waals surface area contributed by atoms with Crippen LogP contribution in [0, 0.1) is 0 Å². The first-order valence-corrected chi connectivity index (χ1v) is 9.16. The number of unbranched alkanes of at least 4 members (excludes halogenated alkanes) is 5. The average molecular weight is 200 g/mol. The first kappa shape index (κ1) is 13.2. The maximum absolute atomic E-state index is 2.47. The summed E-state index contributed by atoms with van der Waals surface area (Å²) in [7, 11) is -0.330. The summed E-state index contributed by atoms with van der Waals surface area (Å²) in [6.45, 7) is 9.68. The maximum Gasteiger partial charge on any atom is 0.0334 e. The fourth-order valence-electron chi connectivity index (χ4n) is 1.58. The molecule has 0 saturated carbocycles. The molecule has 0 fully saturated rings. The van der Waals surface area contributed by atoms with Crippen LogP contribution in [-0.4, -0.2) is 8.80 Å². The molecule has 13 heavy (non-hydrogen) atoms. The van der Waals surface area contributed by atoms with Gasteiger partial charge in [-0.05, 0) is 0 Å². The largest absolute Gasteiger partial charge is 0.0720 e. The van der Waals surface area contributed by atoms with Gasteiger partial charge in [0.2, 0.25) is 0 Å². The van der Waals surface area contributed by atoms with Crippen molar-refractivity contribution in [3.63, 3.8) is 0 Å². The van der Waals surface area contributed by atoms with Gasteiger partial charge in [-0.2, -0.15) is 0 Å². The van der Waals surface area contributed by atoms with Crippen molar-refractivity contribution in [3.05, 3.63) is 0 Å². The van der Waals surface area contributed by atoms with Crippen molar-refractivity contribution in [3.8, 4) is 0 Å². The predicted molar refractivity (Wildman–Crippen MR) is 66.3 cm³/mol. The fraction of sp³-hybridized carbons (Fsp3) is 1.00. The molecule has 0 radical (unpaired) electrons. The Morgan fingerprint density at radius 3 is 2.00 bits per heavy atom. The molecule has 0 saturated heterocycles. The van der Waals surface area contributed by atoms with E-state index >= 15 is 0 Å². The molecule has 1 atom stereocenters. The van der Waals surface area contributed by atoms with Gasteiger partial charge in [0.15, 0.2) is 0 Å². The van der Waals surface area contributed by atoms with Crippen LogP contribution in [0.4, 0.5) is 0 Å². The van der Waals surface area contributed by atoms with Crippen LogP contribution in [0.15, 0.2) is 0 Å². The molecule has 0 aromatic carbocycles. The number of hydrogen-bond donors (Lipinski definition) is 0. The summed E-state index contributed by atoms with van der Waals surface area (Å²) in [4.78, 5) is 0. The van der Waals surface area contributed by atoms with Crippen LogP contribution in [0.5, 0.6) is 0 Å². The lowest BCUT2D eigenvalue weighted by Crippen LogP contribution is -2.08. The smallest absolute Gasteiger partial charge is 0.0334 e. The Bertz CT molecular complexity index is 99.3. The molecule has 0 nitrogen and oxygen atoms in total. The normalized spacial score (nSPS) is 13.6. The van der Waals surface area contributed by atoms with Crippen LogP contribution in [0.25, 0.3) is 0 Å². The van der Waals surface area contributed by atoms with Crippen molar-refractivity contribution in [2.75, 3.05) is 0 Å². The van der Waals surface area contributed by atoms with E-state index in [9.17, 15) is 0 Å². The minimum absolute atomic E-state index is 0.330. The van der Waals surface area contributed by atoms with Gasteiger partial charge < -0.3 is 0 Å². The first-order valence-electron chi connectivity index (χ1n) is 6.18. The molecule has 0 amide bonds.